The Hall–Kier alpha value is -4.65. The molecule has 43 heavy (non-hydrogen) atoms. The number of carbonyl (C=O) groups is 1. The Morgan fingerprint density at radius 1 is 0.907 bits per heavy atom. The highest BCUT2D eigenvalue weighted by atomic mass is 32.2. The molecule has 0 aliphatic carbocycles. The number of sulfonamides is 1. The number of ether oxygens (including phenoxy) is 1. The first-order valence-corrected chi connectivity index (χ1v) is 15.9. The van der Waals surface area contributed by atoms with Crippen molar-refractivity contribution >= 4 is 21.6 Å². The highest BCUT2D eigenvalue weighted by Crippen LogP contribution is 2.20. The van der Waals surface area contributed by atoms with Crippen LogP contribution in [0.25, 0.3) is 0 Å². The van der Waals surface area contributed by atoms with E-state index in [1.165, 1.54) is 5.56 Å². The van der Waals surface area contributed by atoms with Gasteiger partial charge in [-0.1, -0.05) is 60.4 Å². The second-order valence-corrected chi connectivity index (χ2v) is 12.0. The molecular weight excluding hydrogens is 560 g/mol. The van der Waals surface area contributed by atoms with E-state index in [-0.39, 0.29) is 5.75 Å². The molecule has 1 fully saturated rings. The van der Waals surface area contributed by atoms with Gasteiger partial charge in [-0.2, -0.15) is 0 Å². The second-order valence-electron chi connectivity index (χ2n) is 10.2. The Bertz CT molecular complexity index is 1710. The summed E-state index contributed by atoms with van der Waals surface area (Å²) in [4.78, 5) is 21.5. The number of hydrogen-bond acceptors (Lipinski definition) is 7. The lowest BCUT2D eigenvalue weighted by Gasteiger charge is -2.36. The largest absolute Gasteiger partial charge is 0.492 e. The average molecular weight is 595 g/mol. The Balaban J connectivity index is 1.15. The molecule has 1 saturated heterocycles. The number of aromatic nitrogens is 1. The van der Waals surface area contributed by atoms with Crippen LogP contribution in [0.15, 0.2) is 97.3 Å². The molecule has 0 spiro atoms. The highest BCUT2D eigenvalue weighted by molar-refractivity contribution is 7.89. The van der Waals surface area contributed by atoms with Crippen LogP contribution in [-0.4, -0.2) is 57.0 Å². The molecule has 9 heteroatoms. The van der Waals surface area contributed by atoms with E-state index in [0.717, 1.165) is 49.5 Å². The van der Waals surface area contributed by atoms with Crippen LogP contribution in [0, 0.1) is 11.8 Å². The smallest absolute Gasteiger partial charge is 0.264 e. The van der Waals surface area contributed by atoms with E-state index < -0.39 is 15.9 Å². The van der Waals surface area contributed by atoms with Crippen LogP contribution in [-0.2, 0) is 22.3 Å². The van der Waals surface area contributed by atoms with Gasteiger partial charge in [0.15, 0.2) is 0 Å². The standard InChI is InChI=1S/C34H34N4O4S/c1-2-42-33-22-28(23-35-24-33)12-13-29-10-6-7-11-31(29)25-37-18-20-38(21-19-37)32-16-14-30(15-17-32)34(39)36-43(40,41)26-27-8-4-3-5-9-27/h3-11,14-17,22-24H,2,18-21,25-26H2,1H3,(H,36,39). The number of pyridine rings is 1. The first-order chi connectivity index (χ1) is 20.9. The fraction of sp³-hybridized carbons (Fsp3) is 0.235. The van der Waals surface area contributed by atoms with Gasteiger partial charge < -0.3 is 9.64 Å². The first-order valence-electron chi connectivity index (χ1n) is 14.2. The topological polar surface area (TPSA) is 91.8 Å². The normalized spacial score (nSPS) is 13.6. The minimum absolute atomic E-state index is 0.251. The molecule has 3 aromatic carbocycles. The minimum Gasteiger partial charge on any atom is -0.492 e. The van der Waals surface area contributed by atoms with E-state index in [9.17, 15) is 13.2 Å². The molecular formula is C34H34N4O4S. The van der Waals surface area contributed by atoms with Gasteiger partial charge in [-0.15, -0.1) is 0 Å². The molecule has 0 atom stereocenters. The molecule has 1 aliphatic rings. The average Bonchev–Trinajstić information content (AvgIpc) is 3.01. The van der Waals surface area contributed by atoms with Gasteiger partial charge in [-0.3, -0.25) is 14.7 Å². The van der Waals surface area contributed by atoms with Crippen LogP contribution in [0.2, 0.25) is 0 Å². The molecule has 8 nitrogen and oxygen atoms in total. The van der Waals surface area contributed by atoms with E-state index in [2.05, 4.69) is 37.4 Å². The van der Waals surface area contributed by atoms with Crippen molar-refractivity contribution in [2.24, 2.45) is 0 Å². The molecule has 0 saturated carbocycles. The number of rotatable bonds is 9. The van der Waals surface area contributed by atoms with Gasteiger partial charge in [0.05, 0.1) is 18.6 Å². The van der Waals surface area contributed by atoms with Gasteiger partial charge in [0.1, 0.15) is 5.75 Å². The molecule has 4 aromatic rings. The molecule has 1 amide bonds. The van der Waals surface area contributed by atoms with Crippen LogP contribution in [0.1, 0.15) is 39.5 Å². The third-order valence-corrected chi connectivity index (χ3v) is 8.30. The van der Waals surface area contributed by atoms with E-state index in [0.29, 0.717) is 23.5 Å². The predicted octanol–water partition coefficient (Wildman–Crippen LogP) is 4.46. The van der Waals surface area contributed by atoms with Gasteiger partial charge in [-0.05, 0) is 54.4 Å². The van der Waals surface area contributed by atoms with Crippen molar-refractivity contribution < 1.29 is 17.9 Å². The van der Waals surface area contributed by atoms with Crippen LogP contribution in [0.3, 0.4) is 0 Å². The third-order valence-electron chi connectivity index (χ3n) is 7.09. The molecule has 1 N–H and O–H groups in total. The number of anilines is 1. The zero-order valence-corrected chi connectivity index (χ0v) is 24.9. The number of benzene rings is 3. The first kappa shape index (κ1) is 29.8. The molecule has 0 bridgehead atoms. The molecule has 220 valence electrons. The van der Waals surface area contributed by atoms with E-state index in [4.69, 9.17) is 4.74 Å². The van der Waals surface area contributed by atoms with Crippen molar-refractivity contribution in [2.75, 3.05) is 37.7 Å². The summed E-state index contributed by atoms with van der Waals surface area (Å²) in [5.74, 6) is 6.36. The summed E-state index contributed by atoms with van der Waals surface area (Å²) in [6.07, 6.45) is 3.43. The van der Waals surface area contributed by atoms with Crippen molar-refractivity contribution in [2.45, 2.75) is 19.2 Å². The number of amides is 1. The van der Waals surface area contributed by atoms with Crippen molar-refractivity contribution in [3.63, 3.8) is 0 Å². The predicted molar refractivity (Wildman–Crippen MR) is 168 cm³/mol. The fourth-order valence-electron chi connectivity index (χ4n) is 4.91. The Morgan fingerprint density at radius 3 is 2.37 bits per heavy atom. The summed E-state index contributed by atoms with van der Waals surface area (Å²) in [5, 5.41) is 0. The summed E-state index contributed by atoms with van der Waals surface area (Å²) in [6.45, 7) is 6.74. The van der Waals surface area contributed by atoms with Crippen molar-refractivity contribution in [3.8, 4) is 17.6 Å². The van der Waals surface area contributed by atoms with Gasteiger partial charge in [-0.25, -0.2) is 13.1 Å². The molecule has 1 aromatic heterocycles. The van der Waals surface area contributed by atoms with E-state index in [1.54, 1.807) is 48.8 Å². The Labute approximate surface area is 253 Å². The van der Waals surface area contributed by atoms with Crippen molar-refractivity contribution in [3.05, 3.63) is 125 Å². The minimum atomic E-state index is -3.80. The molecule has 0 unspecified atom stereocenters. The summed E-state index contributed by atoms with van der Waals surface area (Å²) < 4.78 is 32.6. The van der Waals surface area contributed by atoms with E-state index >= 15 is 0 Å². The zero-order valence-electron chi connectivity index (χ0n) is 24.1. The van der Waals surface area contributed by atoms with Crippen LogP contribution >= 0.6 is 0 Å². The number of nitrogens with one attached hydrogen (secondary N) is 1. The van der Waals surface area contributed by atoms with Gasteiger partial charge >= 0.3 is 0 Å². The second kappa shape index (κ2) is 14.0. The quantitative estimate of drug-likeness (QED) is 0.286. The molecule has 1 aliphatic heterocycles. The van der Waals surface area contributed by atoms with Crippen LogP contribution < -0.4 is 14.4 Å². The van der Waals surface area contributed by atoms with Gasteiger partial charge in [0.2, 0.25) is 10.0 Å². The Morgan fingerprint density at radius 2 is 1.63 bits per heavy atom. The summed E-state index contributed by atoms with van der Waals surface area (Å²) in [5.41, 5.74) is 4.90. The van der Waals surface area contributed by atoms with Crippen molar-refractivity contribution in [1.29, 1.82) is 0 Å². The number of piperazine rings is 1. The lowest BCUT2D eigenvalue weighted by atomic mass is 10.1. The number of carbonyl (C=O) groups excluding carboxylic acids is 1. The molecule has 0 radical (unpaired) electrons. The van der Waals surface area contributed by atoms with Gasteiger partial charge in [0.25, 0.3) is 5.91 Å². The van der Waals surface area contributed by atoms with Crippen molar-refractivity contribution in [1.82, 2.24) is 14.6 Å². The number of hydrogen-bond donors (Lipinski definition) is 1. The maximum absolute atomic E-state index is 12.6. The van der Waals surface area contributed by atoms with Crippen LogP contribution in [0.5, 0.6) is 5.75 Å². The molecule has 2 heterocycles. The fourth-order valence-corrected chi connectivity index (χ4v) is 6.01. The molecule has 5 rings (SSSR count). The van der Waals surface area contributed by atoms with Gasteiger partial charge in [0, 0.05) is 61.3 Å². The highest BCUT2D eigenvalue weighted by Gasteiger charge is 2.20. The van der Waals surface area contributed by atoms with E-state index in [1.807, 2.05) is 49.4 Å². The summed E-state index contributed by atoms with van der Waals surface area (Å²) in [6, 6.07) is 26.0. The third kappa shape index (κ3) is 8.44. The summed E-state index contributed by atoms with van der Waals surface area (Å²) in [7, 11) is -3.80. The number of nitrogens with zero attached hydrogens (tertiary/aromatic N) is 3. The monoisotopic (exact) mass is 594 g/mol. The summed E-state index contributed by atoms with van der Waals surface area (Å²) >= 11 is 0. The maximum atomic E-state index is 12.6. The Kier molecular flexibility index (Phi) is 9.72. The maximum Gasteiger partial charge on any atom is 0.264 e. The SMILES string of the molecule is CCOc1cncc(C#Cc2ccccc2CN2CCN(c3ccc(C(=O)NS(=O)(=O)Cc4ccccc4)cc3)CC2)c1. The lowest BCUT2D eigenvalue weighted by molar-refractivity contribution is 0.0981. The lowest BCUT2D eigenvalue weighted by Crippen LogP contribution is -2.46. The van der Waals surface area contributed by atoms with Crippen LogP contribution in [0.4, 0.5) is 5.69 Å². The zero-order chi connectivity index (χ0) is 30.1.